The predicted molar refractivity (Wildman–Crippen MR) is 119 cm³/mol. The van der Waals surface area contributed by atoms with Gasteiger partial charge in [-0.25, -0.2) is 15.4 Å². The van der Waals surface area contributed by atoms with Crippen LogP contribution in [0.15, 0.2) is 24.3 Å². The molecule has 0 bridgehead atoms. The van der Waals surface area contributed by atoms with Crippen LogP contribution in [0, 0.1) is 0 Å². The maximum absolute atomic E-state index is 12.6. The number of amides is 2. The van der Waals surface area contributed by atoms with E-state index in [-0.39, 0.29) is 5.69 Å². The van der Waals surface area contributed by atoms with Crippen LogP contribution in [-0.2, 0) is 35.9 Å². The Morgan fingerprint density at radius 2 is 1.67 bits per heavy atom. The van der Waals surface area contributed by atoms with E-state index in [0.717, 1.165) is 55.3 Å². The number of urea groups is 1. The number of fused-ring (bicyclic) bond motifs is 2. The Labute approximate surface area is 176 Å². The summed E-state index contributed by atoms with van der Waals surface area (Å²) < 4.78 is 29.3. The van der Waals surface area contributed by atoms with Gasteiger partial charge in [-0.1, -0.05) is 6.07 Å². The monoisotopic (exact) mass is 430 g/mol. The van der Waals surface area contributed by atoms with Crippen molar-refractivity contribution in [2.75, 3.05) is 27.8 Å². The lowest BCUT2D eigenvalue weighted by molar-refractivity contribution is 0.256. The maximum Gasteiger partial charge on any atom is 0.334 e. The molecule has 30 heavy (non-hydrogen) atoms. The molecular formula is C20H26N6O3S. The number of nitrogens with two attached hydrogens (primary N) is 2. The second kappa shape index (κ2) is 7.69. The van der Waals surface area contributed by atoms with Crippen LogP contribution >= 0.6 is 0 Å². The fourth-order valence-electron chi connectivity index (χ4n) is 4.32. The van der Waals surface area contributed by atoms with Crippen molar-refractivity contribution in [2.45, 2.75) is 38.5 Å². The first kappa shape index (κ1) is 20.3. The molecule has 0 heterocycles. The van der Waals surface area contributed by atoms with E-state index in [1.807, 2.05) is 4.72 Å². The molecule has 9 nitrogen and oxygen atoms in total. The molecule has 2 amide bonds. The fraction of sp³-hybridized carbons (Fsp3) is 0.350. The summed E-state index contributed by atoms with van der Waals surface area (Å²) >= 11 is 0. The lowest BCUT2D eigenvalue weighted by Gasteiger charge is -2.18. The van der Waals surface area contributed by atoms with E-state index in [9.17, 15) is 13.2 Å². The van der Waals surface area contributed by atoms with Gasteiger partial charge in [-0.2, -0.15) is 8.42 Å². The Kier molecular flexibility index (Phi) is 5.20. The van der Waals surface area contributed by atoms with Crippen molar-refractivity contribution in [1.82, 2.24) is 4.72 Å². The molecule has 0 saturated carbocycles. The van der Waals surface area contributed by atoms with Gasteiger partial charge in [0.05, 0.1) is 17.1 Å². The highest BCUT2D eigenvalue weighted by molar-refractivity contribution is 7.91. The molecule has 0 aromatic heterocycles. The van der Waals surface area contributed by atoms with Gasteiger partial charge in [0, 0.05) is 12.7 Å². The van der Waals surface area contributed by atoms with E-state index in [1.165, 1.54) is 34.3 Å². The zero-order chi connectivity index (χ0) is 21.5. The summed E-state index contributed by atoms with van der Waals surface area (Å²) in [6.07, 6.45) is 5.86. The van der Waals surface area contributed by atoms with Crippen LogP contribution in [0.25, 0.3) is 0 Å². The molecule has 0 fully saturated rings. The second-order valence-corrected chi connectivity index (χ2v) is 9.20. The van der Waals surface area contributed by atoms with Crippen LogP contribution in [0.1, 0.15) is 35.1 Å². The topological polar surface area (TPSA) is 143 Å². The quantitative estimate of drug-likeness (QED) is 0.279. The highest BCUT2D eigenvalue weighted by Gasteiger charge is 2.26. The predicted octanol–water partition coefficient (Wildman–Crippen LogP) is 2.03. The Morgan fingerprint density at radius 1 is 1.03 bits per heavy atom. The normalized spacial score (nSPS) is 14.7. The van der Waals surface area contributed by atoms with Crippen molar-refractivity contribution in [3.8, 4) is 0 Å². The molecular weight excluding hydrogens is 404 g/mol. The number of anilines is 4. The lowest BCUT2D eigenvalue weighted by Crippen LogP contribution is -2.38. The van der Waals surface area contributed by atoms with E-state index >= 15 is 0 Å². The number of carbonyl (C=O) groups is 1. The van der Waals surface area contributed by atoms with E-state index in [0.29, 0.717) is 11.4 Å². The number of hydrazine groups is 1. The summed E-state index contributed by atoms with van der Waals surface area (Å²) in [4.78, 5) is 12.6. The maximum atomic E-state index is 12.6. The van der Waals surface area contributed by atoms with Gasteiger partial charge >= 0.3 is 16.2 Å². The van der Waals surface area contributed by atoms with E-state index < -0.39 is 16.2 Å². The number of nitrogen functional groups attached to an aromatic ring is 1. The number of rotatable bonds is 5. The number of hydrogen-bond acceptors (Lipinski definition) is 6. The molecule has 2 aromatic carbocycles. The number of hydrogen-bond donors (Lipinski definition) is 5. The third-order valence-electron chi connectivity index (χ3n) is 5.60. The summed E-state index contributed by atoms with van der Waals surface area (Å²) in [6.45, 7) is 0. The number of nitrogens with one attached hydrogen (secondary N) is 3. The third-order valence-corrected chi connectivity index (χ3v) is 6.56. The molecule has 2 aliphatic rings. The minimum absolute atomic E-state index is 0.235. The zero-order valence-electron chi connectivity index (χ0n) is 16.8. The van der Waals surface area contributed by atoms with Crippen LogP contribution in [0.4, 0.5) is 27.5 Å². The fourth-order valence-corrected chi connectivity index (χ4v) is 5.10. The SMILES string of the molecule is CN(N)c1cc(NS(=O)(=O)NC(=O)Nc2c3c(cc4c2CCC4)CCC3)ccc1N. The summed E-state index contributed by atoms with van der Waals surface area (Å²) in [6, 6.07) is 5.98. The molecule has 2 aliphatic carbocycles. The van der Waals surface area contributed by atoms with Crippen LogP contribution in [0.2, 0.25) is 0 Å². The molecule has 2 aromatic rings. The van der Waals surface area contributed by atoms with Gasteiger partial charge in [-0.3, -0.25) is 4.72 Å². The molecule has 7 N–H and O–H groups in total. The Morgan fingerprint density at radius 3 is 2.27 bits per heavy atom. The van der Waals surface area contributed by atoms with Crippen molar-refractivity contribution >= 4 is 39.0 Å². The molecule has 0 radical (unpaired) electrons. The van der Waals surface area contributed by atoms with Gasteiger partial charge in [0.25, 0.3) is 0 Å². The number of benzene rings is 2. The molecule has 0 aliphatic heterocycles. The molecule has 160 valence electrons. The van der Waals surface area contributed by atoms with Crippen molar-refractivity contribution in [3.63, 3.8) is 0 Å². The van der Waals surface area contributed by atoms with Crippen molar-refractivity contribution < 1.29 is 13.2 Å². The van der Waals surface area contributed by atoms with Gasteiger partial charge in [-0.05, 0) is 79.0 Å². The molecule has 0 atom stereocenters. The van der Waals surface area contributed by atoms with Crippen molar-refractivity contribution in [1.29, 1.82) is 0 Å². The average Bonchev–Trinajstić information content (AvgIpc) is 3.31. The molecule has 4 rings (SSSR count). The number of carbonyl (C=O) groups excluding carboxylic acids is 1. The molecule has 0 spiro atoms. The minimum Gasteiger partial charge on any atom is -0.397 e. The van der Waals surface area contributed by atoms with E-state index in [2.05, 4.69) is 16.1 Å². The van der Waals surface area contributed by atoms with E-state index in [1.54, 1.807) is 7.05 Å². The average molecular weight is 431 g/mol. The summed E-state index contributed by atoms with van der Waals surface area (Å²) in [5, 5.41) is 4.09. The Bertz CT molecular complexity index is 1080. The Hall–Kier alpha value is -2.98. The van der Waals surface area contributed by atoms with Gasteiger partial charge in [0.2, 0.25) is 0 Å². The lowest BCUT2D eigenvalue weighted by atomic mass is 9.99. The number of nitrogens with zero attached hydrogens (tertiary/aromatic N) is 1. The first-order valence-corrected chi connectivity index (χ1v) is 11.4. The van der Waals surface area contributed by atoms with Gasteiger partial charge in [0.15, 0.2) is 0 Å². The smallest absolute Gasteiger partial charge is 0.334 e. The third kappa shape index (κ3) is 4.01. The minimum atomic E-state index is -4.15. The molecule has 0 saturated heterocycles. The summed E-state index contributed by atoms with van der Waals surface area (Å²) in [5.74, 6) is 5.70. The van der Waals surface area contributed by atoms with Gasteiger partial charge < -0.3 is 16.1 Å². The largest absolute Gasteiger partial charge is 0.397 e. The molecule has 0 unspecified atom stereocenters. The van der Waals surface area contributed by atoms with Crippen LogP contribution in [0.5, 0.6) is 0 Å². The number of aryl methyl sites for hydroxylation is 2. The van der Waals surface area contributed by atoms with Crippen LogP contribution in [0.3, 0.4) is 0 Å². The van der Waals surface area contributed by atoms with Crippen molar-refractivity contribution in [2.24, 2.45) is 5.84 Å². The summed E-state index contributed by atoms with van der Waals surface area (Å²) in [7, 11) is -2.56. The van der Waals surface area contributed by atoms with E-state index in [4.69, 9.17) is 11.6 Å². The highest BCUT2D eigenvalue weighted by Crippen LogP contribution is 2.38. The first-order valence-electron chi connectivity index (χ1n) is 9.89. The standard InChI is InChI=1S/C20H26N6O3S/c1-26(22)18-11-14(8-9-17(18)21)24-30(28,29)25-20(27)23-19-15-6-2-4-12(15)10-13-5-3-7-16(13)19/h8-11,24H,2-7,21-22H2,1H3,(H2,23,25,27). The van der Waals surface area contributed by atoms with Crippen LogP contribution in [-0.4, -0.2) is 21.5 Å². The Balaban J connectivity index is 1.50. The van der Waals surface area contributed by atoms with Crippen molar-refractivity contribution in [3.05, 3.63) is 46.5 Å². The van der Waals surface area contributed by atoms with Gasteiger partial charge in [0.1, 0.15) is 0 Å². The van der Waals surface area contributed by atoms with Gasteiger partial charge in [-0.15, -0.1) is 0 Å². The van der Waals surface area contributed by atoms with Crippen LogP contribution < -0.4 is 31.3 Å². The molecule has 10 heteroatoms. The summed E-state index contributed by atoms with van der Waals surface area (Å²) in [5.41, 5.74) is 12.5. The second-order valence-electron chi connectivity index (χ2n) is 7.78. The zero-order valence-corrected chi connectivity index (χ0v) is 17.6. The first-order chi connectivity index (χ1) is 14.2. The highest BCUT2D eigenvalue weighted by atomic mass is 32.2.